The van der Waals surface area contributed by atoms with Gasteiger partial charge in [0.15, 0.2) is 23.1 Å². The van der Waals surface area contributed by atoms with Crippen LogP contribution in [-0.4, -0.2) is 66.2 Å². The van der Waals surface area contributed by atoms with Crippen molar-refractivity contribution in [2.24, 2.45) is 0 Å². The Morgan fingerprint density at radius 1 is 0.818 bits per heavy atom. The van der Waals surface area contributed by atoms with Crippen LogP contribution >= 0.6 is 0 Å². The van der Waals surface area contributed by atoms with Crippen LogP contribution in [0.2, 0.25) is 0 Å². The molecule has 0 unspecified atom stereocenters. The summed E-state index contributed by atoms with van der Waals surface area (Å²) in [5.74, 6) is -0.0131. The van der Waals surface area contributed by atoms with Crippen molar-refractivity contribution in [1.29, 1.82) is 0 Å². The number of halogens is 2. The number of amides is 1. The van der Waals surface area contributed by atoms with Gasteiger partial charge in [-0.15, -0.1) is 0 Å². The van der Waals surface area contributed by atoms with E-state index in [-0.39, 0.29) is 5.91 Å². The molecule has 0 saturated carbocycles. The molecule has 33 heavy (non-hydrogen) atoms. The second-order valence-corrected chi connectivity index (χ2v) is 9.04. The highest BCUT2D eigenvalue weighted by molar-refractivity contribution is 5.76. The lowest BCUT2D eigenvalue weighted by molar-refractivity contribution is -0.131. The molecule has 0 bridgehead atoms. The smallest absolute Gasteiger partial charge is 0.231 e. The summed E-state index contributed by atoms with van der Waals surface area (Å²) < 4.78 is 37.6. The number of nitrogens with zero attached hydrogens (tertiary/aromatic N) is 3. The summed E-state index contributed by atoms with van der Waals surface area (Å²) in [6, 6.07) is 10.4. The van der Waals surface area contributed by atoms with Crippen molar-refractivity contribution < 1.29 is 23.0 Å². The molecule has 2 aromatic carbocycles. The Labute approximate surface area is 192 Å². The van der Waals surface area contributed by atoms with Crippen molar-refractivity contribution >= 4 is 5.91 Å². The third kappa shape index (κ3) is 5.12. The van der Waals surface area contributed by atoms with E-state index < -0.39 is 11.6 Å². The SMILES string of the molecule is O=C1CC[C@H](N2CCN(Cc3ccc4c(c3)OCO4)CC2)CCN1Cc1ccc(F)c(F)c1. The molecule has 1 atom stereocenters. The first-order valence-corrected chi connectivity index (χ1v) is 11.6. The average molecular weight is 458 g/mol. The van der Waals surface area contributed by atoms with E-state index in [0.717, 1.165) is 63.1 Å². The molecule has 0 spiro atoms. The molecule has 0 N–H and O–H groups in total. The van der Waals surface area contributed by atoms with Crippen molar-refractivity contribution in [3.8, 4) is 11.5 Å². The predicted octanol–water partition coefficient (Wildman–Crippen LogP) is 3.39. The minimum absolute atomic E-state index is 0.0867. The van der Waals surface area contributed by atoms with Crippen LogP contribution in [0.3, 0.4) is 0 Å². The standard InChI is InChI=1S/C25H29F2N3O3/c26-21-4-1-18(13-22(21)27)16-30-8-7-20(3-6-25(30)31)29-11-9-28(10-12-29)15-19-2-5-23-24(14-19)33-17-32-23/h1-2,4-5,13-14,20H,3,6-12,15-17H2/t20-/m0/s1. The fourth-order valence-corrected chi connectivity index (χ4v) is 5.00. The lowest BCUT2D eigenvalue weighted by Gasteiger charge is -2.39. The van der Waals surface area contributed by atoms with E-state index in [1.807, 2.05) is 6.07 Å². The van der Waals surface area contributed by atoms with Crippen molar-refractivity contribution in [2.75, 3.05) is 39.5 Å². The first-order valence-electron chi connectivity index (χ1n) is 11.6. The minimum atomic E-state index is -0.869. The van der Waals surface area contributed by atoms with Crippen molar-refractivity contribution in [3.63, 3.8) is 0 Å². The molecule has 2 fully saturated rings. The molecule has 3 heterocycles. The van der Waals surface area contributed by atoms with Crippen molar-refractivity contribution in [2.45, 2.75) is 38.4 Å². The van der Waals surface area contributed by atoms with Crippen LogP contribution in [0.1, 0.15) is 30.4 Å². The molecular formula is C25H29F2N3O3. The highest BCUT2D eigenvalue weighted by atomic mass is 19.2. The maximum Gasteiger partial charge on any atom is 0.231 e. The molecule has 3 aliphatic heterocycles. The topological polar surface area (TPSA) is 45.3 Å². The normalized spacial score (nSPS) is 21.9. The van der Waals surface area contributed by atoms with Crippen LogP contribution < -0.4 is 9.47 Å². The molecule has 0 aromatic heterocycles. The van der Waals surface area contributed by atoms with Gasteiger partial charge >= 0.3 is 0 Å². The molecule has 0 aliphatic carbocycles. The molecule has 5 rings (SSSR count). The zero-order valence-electron chi connectivity index (χ0n) is 18.6. The molecular weight excluding hydrogens is 428 g/mol. The van der Waals surface area contributed by atoms with Gasteiger partial charge in [-0.05, 0) is 48.2 Å². The fraction of sp³-hybridized carbons (Fsp3) is 0.480. The van der Waals surface area contributed by atoms with Gasteiger partial charge in [0.25, 0.3) is 0 Å². The second-order valence-electron chi connectivity index (χ2n) is 9.04. The highest BCUT2D eigenvalue weighted by Crippen LogP contribution is 2.33. The minimum Gasteiger partial charge on any atom is -0.454 e. The molecule has 0 radical (unpaired) electrons. The summed E-state index contributed by atoms with van der Waals surface area (Å²) in [6.07, 6.45) is 2.23. The van der Waals surface area contributed by atoms with Gasteiger partial charge in [-0.1, -0.05) is 12.1 Å². The van der Waals surface area contributed by atoms with Crippen LogP contribution in [-0.2, 0) is 17.9 Å². The largest absolute Gasteiger partial charge is 0.454 e. The number of carbonyl (C=O) groups is 1. The summed E-state index contributed by atoms with van der Waals surface area (Å²) in [4.78, 5) is 19.4. The monoisotopic (exact) mass is 457 g/mol. The van der Waals surface area contributed by atoms with Gasteiger partial charge in [0.2, 0.25) is 12.7 Å². The first-order chi connectivity index (χ1) is 16.0. The van der Waals surface area contributed by atoms with E-state index in [4.69, 9.17) is 9.47 Å². The molecule has 2 saturated heterocycles. The van der Waals surface area contributed by atoms with Gasteiger partial charge in [0, 0.05) is 58.3 Å². The predicted molar refractivity (Wildman–Crippen MR) is 119 cm³/mol. The van der Waals surface area contributed by atoms with Crippen LogP contribution in [0.15, 0.2) is 36.4 Å². The number of piperazine rings is 1. The summed E-state index contributed by atoms with van der Waals surface area (Å²) >= 11 is 0. The Kier molecular flexibility index (Phi) is 6.46. The zero-order valence-corrected chi connectivity index (χ0v) is 18.6. The Bertz CT molecular complexity index is 1010. The highest BCUT2D eigenvalue weighted by Gasteiger charge is 2.29. The molecule has 1 amide bonds. The van der Waals surface area contributed by atoms with Crippen LogP contribution in [0, 0.1) is 11.6 Å². The zero-order chi connectivity index (χ0) is 22.8. The summed E-state index contributed by atoms with van der Waals surface area (Å²) in [7, 11) is 0. The molecule has 176 valence electrons. The van der Waals surface area contributed by atoms with Crippen LogP contribution in [0.5, 0.6) is 11.5 Å². The van der Waals surface area contributed by atoms with Gasteiger partial charge < -0.3 is 14.4 Å². The number of hydrogen-bond acceptors (Lipinski definition) is 5. The van der Waals surface area contributed by atoms with Crippen molar-refractivity contribution in [1.82, 2.24) is 14.7 Å². The molecule has 3 aliphatic rings. The van der Waals surface area contributed by atoms with Crippen LogP contribution in [0.25, 0.3) is 0 Å². The van der Waals surface area contributed by atoms with Crippen LogP contribution in [0.4, 0.5) is 8.78 Å². The summed E-state index contributed by atoms with van der Waals surface area (Å²) in [5.41, 5.74) is 1.85. The number of fused-ring (bicyclic) bond motifs is 1. The van der Waals surface area contributed by atoms with Gasteiger partial charge in [-0.25, -0.2) is 8.78 Å². The number of likely N-dealkylation sites (tertiary alicyclic amines) is 1. The lowest BCUT2D eigenvalue weighted by Crippen LogP contribution is -2.50. The summed E-state index contributed by atoms with van der Waals surface area (Å²) in [5, 5.41) is 0. The van der Waals surface area contributed by atoms with Gasteiger partial charge in [0.05, 0.1) is 0 Å². The van der Waals surface area contributed by atoms with E-state index >= 15 is 0 Å². The third-order valence-corrected chi connectivity index (χ3v) is 6.90. The number of carbonyl (C=O) groups excluding carboxylic acids is 1. The Morgan fingerprint density at radius 3 is 2.39 bits per heavy atom. The molecule has 8 heteroatoms. The maximum absolute atomic E-state index is 13.5. The average Bonchev–Trinajstić information content (AvgIpc) is 3.21. The van der Waals surface area contributed by atoms with Gasteiger partial charge in [-0.3, -0.25) is 14.6 Å². The number of hydrogen-bond donors (Lipinski definition) is 0. The molecule has 6 nitrogen and oxygen atoms in total. The second kappa shape index (κ2) is 9.65. The van der Waals surface area contributed by atoms with E-state index in [1.54, 1.807) is 11.0 Å². The van der Waals surface area contributed by atoms with E-state index in [1.165, 1.54) is 11.6 Å². The fourth-order valence-electron chi connectivity index (χ4n) is 5.00. The van der Waals surface area contributed by atoms with Gasteiger partial charge in [0.1, 0.15) is 0 Å². The number of benzene rings is 2. The van der Waals surface area contributed by atoms with Crippen molar-refractivity contribution in [3.05, 3.63) is 59.2 Å². The maximum atomic E-state index is 13.5. The lowest BCUT2D eigenvalue weighted by atomic mass is 10.1. The first kappa shape index (κ1) is 22.1. The Balaban J connectivity index is 1.12. The van der Waals surface area contributed by atoms with E-state index in [9.17, 15) is 13.6 Å². The Morgan fingerprint density at radius 2 is 1.58 bits per heavy atom. The quantitative estimate of drug-likeness (QED) is 0.689. The van der Waals surface area contributed by atoms with E-state index in [0.29, 0.717) is 37.9 Å². The molecule has 2 aromatic rings. The Hall–Kier alpha value is -2.71. The third-order valence-electron chi connectivity index (χ3n) is 6.90. The summed E-state index contributed by atoms with van der Waals surface area (Å²) in [6.45, 7) is 6.06. The van der Waals surface area contributed by atoms with Gasteiger partial charge in [-0.2, -0.15) is 0 Å². The van der Waals surface area contributed by atoms with E-state index in [2.05, 4.69) is 21.9 Å². The number of rotatable bonds is 5. The number of ether oxygens (including phenoxy) is 2.